The molecule has 0 rings (SSSR count). The van der Waals surface area contributed by atoms with Gasteiger partial charge in [-0.2, -0.15) is 0 Å². The molecule has 0 aromatic rings. The Labute approximate surface area is 69.3 Å². The van der Waals surface area contributed by atoms with Crippen molar-refractivity contribution in [2.45, 2.75) is 25.5 Å². The summed E-state index contributed by atoms with van der Waals surface area (Å²) in [6.45, 7) is 3.27. The summed E-state index contributed by atoms with van der Waals surface area (Å²) in [5.41, 5.74) is 0. The number of carbonyl (C=O) groups excluding carboxylic acids is 2. The fraction of sp³-hybridized carbons (Fsp3) is 0.667. The molecule has 0 spiro atoms. The van der Waals surface area contributed by atoms with Gasteiger partial charge in [-0.3, -0.25) is 9.59 Å². The Bertz CT molecular complexity index is 131. The molecule has 0 heterocycles. The van der Waals surface area contributed by atoms with E-state index >= 15 is 0 Å². The molecular weight excluding hydrogens is 172 g/mol. The van der Waals surface area contributed by atoms with E-state index in [9.17, 15) is 9.59 Å². The van der Waals surface area contributed by atoms with Crippen LogP contribution in [-0.4, -0.2) is 15.6 Å². The van der Waals surface area contributed by atoms with Gasteiger partial charge in [0.1, 0.15) is 0 Å². The molecule has 0 aliphatic rings. The Kier molecular flexibility index (Phi) is 4.73. The van der Waals surface area contributed by atoms with Crippen molar-refractivity contribution in [1.82, 2.24) is 0 Å². The Morgan fingerprint density at radius 3 is 2.40 bits per heavy atom. The first kappa shape index (κ1) is 9.98. The van der Waals surface area contributed by atoms with E-state index in [1.807, 2.05) is 0 Å². The standard InChI is InChI=1S/C6H9ClO2S/c1-4(3-6(7)9)10-5(2)8/h4H,3H2,1-2H3. The van der Waals surface area contributed by atoms with Gasteiger partial charge in [-0.15, -0.1) is 0 Å². The maximum atomic E-state index is 10.4. The zero-order valence-electron chi connectivity index (χ0n) is 5.89. The minimum Gasteiger partial charge on any atom is -0.288 e. The summed E-state index contributed by atoms with van der Waals surface area (Å²) in [7, 11) is 0. The van der Waals surface area contributed by atoms with E-state index in [4.69, 9.17) is 11.6 Å². The molecule has 0 saturated heterocycles. The Morgan fingerprint density at radius 2 is 2.10 bits per heavy atom. The summed E-state index contributed by atoms with van der Waals surface area (Å²) in [5.74, 6) is 0. The van der Waals surface area contributed by atoms with Crippen LogP contribution < -0.4 is 0 Å². The molecule has 2 nitrogen and oxygen atoms in total. The van der Waals surface area contributed by atoms with Crippen LogP contribution >= 0.6 is 23.4 Å². The van der Waals surface area contributed by atoms with Gasteiger partial charge >= 0.3 is 0 Å². The zero-order chi connectivity index (χ0) is 8.15. The van der Waals surface area contributed by atoms with E-state index in [0.29, 0.717) is 0 Å². The van der Waals surface area contributed by atoms with Crippen LogP contribution in [0.25, 0.3) is 0 Å². The average molecular weight is 181 g/mol. The molecule has 0 fully saturated rings. The van der Waals surface area contributed by atoms with E-state index in [2.05, 4.69) is 0 Å². The monoisotopic (exact) mass is 180 g/mol. The Hall–Kier alpha value is -0.0200. The summed E-state index contributed by atoms with van der Waals surface area (Å²) in [6.07, 6.45) is 0.256. The normalized spacial score (nSPS) is 12.7. The van der Waals surface area contributed by atoms with Gasteiger partial charge in [0.2, 0.25) is 5.24 Å². The topological polar surface area (TPSA) is 34.1 Å². The Morgan fingerprint density at radius 1 is 1.60 bits per heavy atom. The first-order chi connectivity index (χ1) is 4.52. The van der Waals surface area contributed by atoms with Crippen molar-refractivity contribution in [2.75, 3.05) is 0 Å². The SMILES string of the molecule is CC(=O)SC(C)CC(=O)Cl. The lowest BCUT2D eigenvalue weighted by molar-refractivity contribution is -0.111. The largest absolute Gasteiger partial charge is 0.288 e. The molecular formula is C6H9ClO2S. The molecule has 0 saturated carbocycles. The molecule has 0 radical (unpaired) electrons. The third kappa shape index (κ3) is 6.11. The van der Waals surface area contributed by atoms with Crippen molar-refractivity contribution in [3.05, 3.63) is 0 Å². The fourth-order valence-corrected chi connectivity index (χ4v) is 1.68. The lowest BCUT2D eigenvalue weighted by Crippen LogP contribution is -2.03. The number of thioether (sulfide) groups is 1. The number of hydrogen-bond acceptors (Lipinski definition) is 3. The zero-order valence-corrected chi connectivity index (χ0v) is 7.46. The van der Waals surface area contributed by atoms with Gasteiger partial charge in [0.15, 0.2) is 5.12 Å². The highest BCUT2D eigenvalue weighted by atomic mass is 35.5. The van der Waals surface area contributed by atoms with Crippen LogP contribution in [-0.2, 0) is 9.59 Å². The van der Waals surface area contributed by atoms with Crippen molar-refractivity contribution >= 4 is 33.7 Å². The van der Waals surface area contributed by atoms with Crippen molar-refractivity contribution in [3.8, 4) is 0 Å². The summed E-state index contributed by atoms with van der Waals surface area (Å²) < 4.78 is 0. The number of rotatable bonds is 3. The molecule has 0 aliphatic heterocycles. The molecule has 4 heteroatoms. The van der Waals surface area contributed by atoms with Crippen LogP contribution in [0, 0.1) is 0 Å². The average Bonchev–Trinajstić information content (AvgIpc) is 1.58. The first-order valence-electron chi connectivity index (χ1n) is 2.88. The van der Waals surface area contributed by atoms with Crippen LogP contribution in [0.4, 0.5) is 0 Å². The van der Waals surface area contributed by atoms with E-state index in [1.165, 1.54) is 6.92 Å². The van der Waals surface area contributed by atoms with E-state index in [1.54, 1.807) is 6.92 Å². The Balaban J connectivity index is 3.53. The van der Waals surface area contributed by atoms with Crippen LogP contribution in [0.15, 0.2) is 0 Å². The summed E-state index contributed by atoms with van der Waals surface area (Å²) in [6, 6.07) is 0. The fourth-order valence-electron chi connectivity index (χ4n) is 0.551. The third-order valence-electron chi connectivity index (χ3n) is 0.815. The predicted octanol–water partition coefficient (Wildman–Crippen LogP) is 1.81. The van der Waals surface area contributed by atoms with Crippen LogP contribution in [0.1, 0.15) is 20.3 Å². The van der Waals surface area contributed by atoms with Gasteiger partial charge in [-0.05, 0) is 11.6 Å². The quantitative estimate of drug-likeness (QED) is 0.622. The smallest absolute Gasteiger partial charge is 0.222 e. The molecule has 10 heavy (non-hydrogen) atoms. The van der Waals surface area contributed by atoms with Gasteiger partial charge in [0.05, 0.1) is 0 Å². The van der Waals surface area contributed by atoms with Crippen molar-refractivity contribution in [3.63, 3.8) is 0 Å². The second-order valence-electron chi connectivity index (χ2n) is 1.98. The van der Waals surface area contributed by atoms with Gasteiger partial charge < -0.3 is 0 Å². The molecule has 0 aromatic heterocycles. The van der Waals surface area contributed by atoms with Gasteiger partial charge in [-0.1, -0.05) is 18.7 Å². The molecule has 0 aliphatic carbocycles. The second-order valence-corrected chi connectivity index (χ2v) is 4.02. The maximum absolute atomic E-state index is 10.4. The molecule has 0 N–H and O–H groups in total. The highest BCUT2D eigenvalue weighted by Gasteiger charge is 2.08. The summed E-state index contributed by atoms with van der Waals surface area (Å²) in [4.78, 5) is 20.7. The number of hydrogen-bond donors (Lipinski definition) is 0. The van der Waals surface area contributed by atoms with E-state index in [-0.39, 0.29) is 22.0 Å². The number of carbonyl (C=O) groups is 2. The molecule has 1 atom stereocenters. The third-order valence-corrected chi connectivity index (χ3v) is 1.87. The molecule has 1 unspecified atom stereocenters. The van der Waals surface area contributed by atoms with E-state index in [0.717, 1.165) is 11.8 Å². The van der Waals surface area contributed by atoms with Gasteiger partial charge in [0.25, 0.3) is 0 Å². The van der Waals surface area contributed by atoms with E-state index < -0.39 is 0 Å². The highest BCUT2D eigenvalue weighted by Crippen LogP contribution is 2.15. The van der Waals surface area contributed by atoms with Gasteiger partial charge in [-0.25, -0.2) is 0 Å². The van der Waals surface area contributed by atoms with Crippen molar-refractivity contribution in [1.29, 1.82) is 0 Å². The minimum atomic E-state index is -0.388. The van der Waals surface area contributed by atoms with Crippen molar-refractivity contribution < 1.29 is 9.59 Å². The van der Waals surface area contributed by atoms with Crippen LogP contribution in [0.5, 0.6) is 0 Å². The second kappa shape index (κ2) is 4.74. The number of halogens is 1. The van der Waals surface area contributed by atoms with Crippen LogP contribution in [0.3, 0.4) is 0 Å². The molecule has 0 bridgehead atoms. The highest BCUT2D eigenvalue weighted by molar-refractivity contribution is 8.14. The van der Waals surface area contributed by atoms with Crippen molar-refractivity contribution in [2.24, 2.45) is 0 Å². The molecule has 58 valence electrons. The van der Waals surface area contributed by atoms with Crippen LogP contribution in [0.2, 0.25) is 0 Å². The predicted molar refractivity (Wildman–Crippen MR) is 43.2 cm³/mol. The lowest BCUT2D eigenvalue weighted by Gasteiger charge is -2.02. The minimum absolute atomic E-state index is 0.00231. The maximum Gasteiger partial charge on any atom is 0.222 e. The molecule has 0 amide bonds. The summed E-state index contributed by atoms with van der Waals surface area (Å²) in [5, 5.41) is -0.367. The first-order valence-corrected chi connectivity index (χ1v) is 4.13. The molecule has 0 aromatic carbocycles. The summed E-state index contributed by atoms with van der Waals surface area (Å²) >= 11 is 6.23. The lowest BCUT2D eigenvalue weighted by atomic mass is 10.4. The van der Waals surface area contributed by atoms with Gasteiger partial charge in [0, 0.05) is 18.6 Å².